The first-order chi connectivity index (χ1) is 18.0. The molecule has 2 N–H and O–H groups in total. The smallest absolute Gasteiger partial charge is 0.320 e. The predicted molar refractivity (Wildman–Crippen MR) is 142 cm³/mol. The Morgan fingerprint density at radius 1 is 1.14 bits per heavy atom. The van der Waals surface area contributed by atoms with E-state index < -0.39 is 0 Å². The number of hydrogen-bond donors (Lipinski definition) is 2. The third-order valence-corrected chi connectivity index (χ3v) is 6.64. The molecule has 1 aliphatic rings. The van der Waals surface area contributed by atoms with Gasteiger partial charge < -0.3 is 14.8 Å². The van der Waals surface area contributed by atoms with Gasteiger partial charge in [-0.25, -0.2) is 9.48 Å². The van der Waals surface area contributed by atoms with Crippen molar-refractivity contribution in [1.29, 1.82) is 0 Å². The number of methoxy groups -OCH3 is 1. The fourth-order valence-corrected chi connectivity index (χ4v) is 4.82. The van der Waals surface area contributed by atoms with Gasteiger partial charge >= 0.3 is 6.03 Å². The van der Waals surface area contributed by atoms with Crippen molar-refractivity contribution < 1.29 is 14.3 Å². The van der Waals surface area contributed by atoms with Crippen LogP contribution in [-0.4, -0.2) is 51.5 Å². The maximum atomic E-state index is 13.4. The van der Waals surface area contributed by atoms with Gasteiger partial charge in [-0.1, -0.05) is 48.5 Å². The summed E-state index contributed by atoms with van der Waals surface area (Å²) < 4.78 is 15.1. The molecular weight excluding hydrogens is 468 g/mol. The molecular formula is C28H32N6O3. The van der Waals surface area contributed by atoms with Crippen LogP contribution in [-0.2, 0) is 16.5 Å². The molecule has 3 atom stereocenters. The molecule has 5 rings (SSSR count). The van der Waals surface area contributed by atoms with Crippen LogP contribution in [0.2, 0.25) is 0 Å². The fraction of sp³-hybridized carbons (Fsp3) is 0.321. The average molecular weight is 501 g/mol. The number of aromatic nitrogens is 4. The molecule has 0 spiro atoms. The van der Waals surface area contributed by atoms with E-state index in [1.54, 1.807) is 22.7 Å². The summed E-state index contributed by atoms with van der Waals surface area (Å²) in [5.74, 6) is 0.605. The van der Waals surface area contributed by atoms with E-state index in [0.717, 1.165) is 34.5 Å². The Labute approximate surface area is 216 Å². The molecule has 9 heteroatoms. The van der Waals surface area contributed by atoms with Crippen LogP contribution in [0.4, 0.5) is 10.6 Å². The van der Waals surface area contributed by atoms with E-state index >= 15 is 0 Å². The Morgan fingerprint density at radius 3 is 2.54 bits per heavy atom. The minimum Gasteiger partial charge on any atom is -0.385 e. The highest BCUT2D eigenvalue weighted by atomic mass is 16.5. The number of aryl methyl sites for hydroxylation is 1. The molecule has 1 unspecified atom stereocenters. The van der Waals surface area contributed by atoms with Gasteiger partial charge in [-0.15, -0.1) is 0 Å². The van der Waals surface area contributed by atoms with Crippen LogP contribution in [0.25, 0.3) is 16.9 Å². The van der Waals surface area contributed by atoms with Crippen molar-refractivity contribution in [3.63, 3.8) is 0 Å². The Kier molecular flexibility index (Phi) is 7.34. The number of carbonyl (C=O) groups is 1. The van der Waals surface area contributed by atoms with Gasteiger partial charge in [0.2, 0.25) is 0 Å². The van der Waals surface area contributed by atoms with Crippen LogP contribution in [0.3, 0.4) is 0 Å². The van der Waals surface area contributed by atoms with Gasteiger partial charge in [-0.05, 0) is 37.5 Å². The van der Waals surface area contributed by atoms with E-state index in [1.807, 2.05) is 80.8 Å². The number of amides is 2. The number of hydrogen-bond acceptors (Lipinski definition) is 5. The fourth-order valence-electron chi connectivity index (χ4n) is 4.82. The zero-order chi connectivity index (χ0) is 25.8. The number of carbonyl (C=O) groups excluding carboxylic acids is 1. The number of anilines is 1. The number of nitrogens with one attached hydrogen (secondary N) is 2. The van der Waals surface area contributed by atoms with E-state index in [9.17, 15) is 4.79 Å². The Balaban J connectivity index is 1.41. The van der Waals surface area contributed by atoms with Crippen LogP contribution in [0.5, 0.6) is 0 Å². The summed E-state index contributed by atoms with van der Waals surface area (Å²) in [7, 11) is 3.55. The average Bonchev–Trinajstić information content (AvgIpc) is 3.61. The standard InChI is InChI=1S/C28H32N6O3/c1-19-25(21-17-29-33(2)18-21)32-34(22-12-8-5-9-13-22)27(19)31-28(35)30-24-16-23(14-15-36-3)37-26(24)20-10-6-4-7-11-20/h4-13,17-18,23-24,26H,14-16H2,1-3H3,(H2,30,31,35)/t23?,24-,26+/m1/s1. The van der Waals surface area contributed by atoms with Crippen LogP contribution < -0.4 is 10.6 Å². The van der Waals surface area contributed by atoms with E-state index in [2.05, 4.69) is 15.7 Å². The number of benzene rings is 2. The maximum Gasteiger partial charge on any atom is 0.320 e. The van der Waals surface area contributed by atoms with Crippen molar-refractivity contribution in [2.45, 2.75) is 38.0 Å². The monoisotopic (exact) mass is 500 g/mol. The zero-order valence-electron chi connectivity index (χ0n) is 21.3. The molecule has 4 aromatic rings. The largest absolute Gasteiger partial charge is 0.385 e. The lowest BCUT2D eigenvalue weighted by Crippen LogP contribution is -2.40. The lowest BCUT2D eigenvalue weighted by Gasteiger charge is -2.21. The van der Waals surface area contributed by atoms with Crippen molar-refractivity contribution in [1.82, 2.24) is 24.9 Å². The maximum absolute atomic E-state index is 13.4. The van der Waals surface area contributed by atoms with Crippen molar-refractivity contribution in [2.75, 3.05) is 19.0 Å². The number of urea groups is 1. The summed E-state index contributed by atoms with van der Waals surface area (Å²) in [6.45, 7) is 2.56. The second-order valence-corrected chi connectivity index (χ2v) is 9.28. The summed E-state index contributed by atoms with van der Waals surface area (Å²) in [5, 5.41) is 15.4. The van der Waals surface area contributed by atoms with Crippen molar-refractivity contribution in [2.24, 2.45) is 7.05 Å². The lowest BCUT2D eigenvalue weighted by atomic mass is 10.0. The first kappa shape index (κ1) is 24.7. The van der Waals surface area contributed by atoms with Crippen molar-refractivity contribution in [3.05, 3.63) is 84.2 Å². The second kappa shape index (κ2) is 11.0. The van der Waals surface area contributed by atoms with Gasteiger partial charge in [-0.3, -0.25) is 10.00 Å². The van der Waals surface area contributed by atoms with Gasteiger partial charge in [0.05, 0.1) is 24.0 Å². The molecule has 9 nitrogen and oxygen atoms in total. The van der Waals surface area contributed by atoms with Crippen LogP contribution in [0.15, 0.2) is 73.1 Å². The van der Waals surface area contributed by atoms with Crippen LogP contribution in [0, 0.1) is 6.92 Å². The molecule has 2 aromatic carbocycles. The SMILES string of the molecule is COCCC1C[C@@H](NC(=O)Nc2c(C)c(-c3cnn(C)c3)nn2-c2ccccc2)[C@H](c2ccccc2)O1. The molecule has 0 saturated carbocycles. The Morgan fingerprint density at radius 2 is 1.86 bits per heavy atom. The lowest BCUT2D eigenvalue weighted by molar-refractivity contribution is 0.0212. The van der Waals surface area contributed by atoms with Crippen LogP contribution >= 0.6 is 0 Å². The van der Waals surface area contributed by atoms with Gasteiger partial charge in [0, 0.05) is 38.1 Å². The first-order valence-corrected chi connectivity index (χ1v) is 12.4. The summed E-state index contributed by atoms with van der Waals surface area (Å²) in [6, 6.07) is 19.3. The third-order valence-electron chi connectivity index (χ3n) is 6.64. The van der Waals surface area contributed by atoms with E-state index in [0.29, 0.717) is 18.8 Å². The highest BCUT2D eigenvalue weighted by molar-refractivity contribution is 5.91. The summed E-state index contributed by atoms with van der Waals surface area (Å²) in [4.78, 5) is 13.4. The van der Waals surface area contributed by atoms with E-state index in [4.69, 9.17) is 14.6 Å². The van der Waals surface area contributed by atoms with Gasteiger partial charge in [0.25, 0.3) is 0 Å². The molecule has 0 aliphatic carbocycles. The predicted octanol–water partition coefficient (Wildman–Crippen LogP) is 4.64. The van der Waals surface area contributed by atoms with Crippen LogP contribution in [0.1, 0.15) is 30.1 Å². The van der Waals surface area contributed by atoms with E-state index in [-0.39, 0.29) is 24.3 Å². The van der Waals surface area contributed by atoms with Gasteiger partial charge in [-0.2, -0.15) is 10.2 Å². The first-order valence-electron chi connectivity index (χ1n) is 12.4. The quantitative estimate of drug-likeness (QED) is 0.368. The molecule has 37 heavy (non-hydrogen) atoms. The highest BCUT2D eigenvalue weighted by Gasteiger charge is 2.37. The van der Waals surface area contributed by atoms with Gasteiger partial charge in [0.1, 0.15) is 17.6 Å². The molecule has 0 bridgehead atoms. The number of ether oxygens (including phenoxy) is 2. The summed E-state index contributed by atoms with van der Waals surface area (Å²) >= 11 is 0. The van der Waals surface area contributed by atoms with Crippen molar-refractivity contribution >= 4 is 11.8 Å². The molecule has 1 fully saturated rings. The highest BCUT2D eigenvalue weighted by Crippen LogP contribution is 2.35. The zero-order valence-corrected chi connectivity index (χ0v) is 21.3. The molecule has 3 heterocycles. The molecule has 1 aliphatic heterocycles. The van der Waals surface area contributed by atoms with Crippen molar-refractivity contribution in [3.8, 4) is 16.9 Å². The van der Waals surface area contributed by atoms with Gasteiger partial charge in [0.15, 0.2) is 0 Å². The Bertz CT molecular complexity index is 1330. The Hall–Kier alpha value is -3.95. The second-order valence-electron chi connectivity index (χ2n) is 9.28. The molecule has 0 radical (unpaired) electrons. The molecule has 192 valence electrons. The number of para-hydroxylation sites is 1. The third kappa shape index (κ3) is 5.42. The molecule has 2 aromatic heterocycles. The number of rotatable bonds is 8. The molecule has 2 amide bonds. The molecule has 1 saturated heterocycles. The topological polar surface area (TPSA) is 95.2 Å². The van der Waals surface area contributed by atoms with E-state index in [1.165, 1.54) is 0 Å². The normalized spacial score (nSPS) is 19.2. The minimum atomic E-state index is -0.306. The number of nitrogens with zero attached hydrogens (tertiary/aromatic N) is 4. The summed E-state index contributed by atoms with van der Waals surface area (Å²) in [5.41, 5.74) is 4.39. The summed E-state index contributed by atoms with van der Waals surface area (Å²) in [6.07, 6.45) is 4.93. The minimum absolute atomic E-state index is 0.00391.